The van der Waals surface area contributed by atoms with Gasteiger partial charge in [0.15, 0.2) is 5.82 Å². The summed E-state index contributed by atoms with van der Waals surface area (Å²) in [6, 6.07) is 4.44. The highest BCUT2D eigenvalue weighted by Crippen LogP contribution is 2.25. The Labute approximate surface area is 155 Å². The van der Waals surface area contributed by atoms with Gasteiger partial charge < -0.3 is 14.9 Å². The van der Waals surface area contributed by atoms with Crippen molar-refractivity contribution in [3.63, 3.8) is 0 Å². The van der Waals surface area contributed by atoms with E-state index in [1.54, 1.807) is 13.1 Å². The molecule has 2 aromatic heterocycles. The van der Waals surface area contributed by atoms with Crippen LogP contribution in [0.3, 0.4) is 0 Å². The van der Waals surface area contributed by atoms with Crippen LogP contribution in [0.4, 0.5) is 11.8 Å². The highest BCUT2D eigenvalue weighted by Gasteiger charge is 2.32. The Balaban J connectivity index is 1.84. The van der Waals surface area contributed by atoms with Gasteiger partial charge >= 0.3 is 0 Å². The number of piperazine rings is 1. The molecular formula is C19H28N6O. The van der Waals surface area contributed by atoms with E-state index >= 15 is 0 Å². The Bertz CT molecular complexity index is 753. The Morgan fingerprint density at radius 1 is 1.19 bits per heavy atom. The van der Waals surface area contributed by atoms with Gasteiger partial charge in [-0.3, -0.25) is 0 Å². The van der Waals surface area contributed by atoms with Gasteiger partial charge in [0, 0.05) is 42.8 Å². The molecule has 140 valence electrons. The zero-order valence-corrected chi connectivity index (χ0v) is 16.2. The van der Waals surface area contributed by atoms with Gasteiger partial charge in [0.2, 0.25) is 5.95 Å². The van der Waals surface area contributed by atoms with E-state index in [0.29, 0.717) is 5.82 Å². The maximum absolute atomic E-state index is 9.75. The topological polar surface area (TPSA) is 78.3 Å². The number of aliphatic hydroxyl groups excluding tert-OH is 1. The fourth-order valence-electron chi connectivity index (χ4n) is 3.56. The number of aryl methyl sites for hydroxylation is 2. The van der Waals surface area contributed by atoms with Crippen molar-refractivity contribution in [3.05, 3.63) is 35.5 Å². The monoisotopic (exact) mass is 356 g/mol. The zero-order valence-electron chi connectivity index (χ0n) is 16.2. The maximum Gasteiger partial charge on any atom is 0.226 e. The lowest BCUT2D eigenvalue weighted by molar-refractivity contribution is 0.189. The predicted octanol–water partition coefficient (Wildman–Crippen LogP) is 2.29. The summed E-state index contributed by atoms with van der Waals surface area (Å²) in [5, 5.41) is 9.75. The molecule has 1 saturated heterocycles. The lowest BCUT2D eigenvalue weighted by Gasteiger charge is -2.45. The third kappa shape index (κ3) is 3.77. The average molecular weight is 356 g/mol. The van der Waals surface area contributed by atoms with Gasteiger partial charge in [0.1, 0.15) is 11.9 Å². The third-order valence-corrected chi connectivity index (χ3v) is 4.76. The molecule has 0 aromatic carbocycles. The summed E-state index contributed by atoms with van der Waals surface area (Å²) in [5.74, 6) is 2.13. The number of anilines is 2. The van der Waals surface area contributed by atoms with Crippen LogP contribution in [-0.2, 0) is 6.42 Å². The van der Waals surface area contributed by atoms with Crippen molar-refractivity contribution >= 4 is 11.8 Å². The smallest absolute Gasteiger partial charge is 0.226 e. The van der Waals surface area contributed by atoms with Crippen LogP contribution in [0, 0.1) is 6.92 Å². The molecule has 26 heavy (non-hydrogen) atoms. The molecule has 0 aliphatic carbocycles. The second-order valence-electron chi connectivity index (χ2n) is 7.11. The number of aliphatic hydroxyl groups is 1. The number of rotatable bonds is 4. The molecule has 1 aliphatic rings. The van der Waals surface area contributed by atoms with Crippen LogP contribution in [0.25, 0.3) is 0 Å². The molecule has 3 heterocycles. The van der Waals surface area contributed by atoms with E-state index < -0.39 is 6.10 Å². The van der Waals surface area contributed by atoms with Crippen LogP contribution >= 0.6 is 0 Å². The molecule has 0 amide bonds. The lowest BCUT2D eigenvalue weighted by Crippen LogP contribution is -2.58. The predicted molar refractivity (Wildman–Crippen MR) is 102 cm³/mol. The summed E-state index contributed by atoms with van der Waals surface area (Å²) in [4.78, 5) is 22.6. The summed E-state index contributed by atoms with van der Waals surface area (Å²) in [5.41, 5.74) is 2.08. The second-order valence-corrected chi connectivity index (χ2v) is 7.11. The van der Waals surface area contributed by atoms with Crippen molar-refractivity contribution in [3.8, 4) is 0 Å². The first-order chi connectivity index (χ1) is 12.4. The third-order valence-electron chi connectivity index (χ3n) is 4.76. The molecule has 1 N–H and O–H groups in total. The molecule has 0 spiro atoms. The molecule has 0 saturated carbocycles. The molecule has 2 aromatic rings. The van der Waals surface area contributed by atoms with Crippen LogP contribution in [-0.4, -0.2) is 50.2 Å². The number of aromatic nitrogens is 4. The molecule has 7 heteroatoms. The van der Waals surface area contributed by atoms with Crippen molar-refractivity contribution < 1.29 is 5.11 Å². The number of hydrogen-bond acceptors (Lipinski definition) is 7. The Hall–Kier alpha value is -2.28. The van der Waals surface area contributed by atoms with Crippen LogP contribution < -0.4 is 9.80 Å². The summed E-state index contributed by atoms with van der Waals surface area (Å²) in [7, 11) is 0. The first-order valence-corrected chi connectivity index (χ1v) is 9.27. The van der Waals surface area contributed by atoms with Crippen molar-refractivity contribution in [2.45, 2.75) is 59.2 Å². The SMILES string of the molecule is CCc1cc(C)nc(N2[C@H](C)CN(c3ccnc([C@@H](C)O)n3)C[C@@H]2C)n1. The quantitative estimate of drug-likeness (QED) is 0.900. The van der Waals surface area contributed by atoms with E-state index in [1.165, 1.54) is 0 Å². The fraction of sp³-hybridized carbons (Fsp3) is 0.579. The van der Waals surface area contributed by atoms with E-state index in [1.807, 2.05) is 19.1 Å². The fourth-order valence-corrected chi connectivity index (χ4v) is 3.56. The Kier molecular flexibility index (Phi) is 5.36. The summed E-state index contributed by atoms with van der Waals surface area (Å²) < 4.78 is 0. The van der Waals surface area contributed by atoms with Crippen molar-refractivity contribution in [2.75, 3.05) is 22.9 Å². The van der Waals surface area contributed by atoms with Gasteiger partial charge in [0.25, 0.3) is 0 Å². The van der Waals surface area contributed by atoms with Gasteiger partial charge in [-0.25, -0.2) is 19.9 Å². The number of hydrogen-bond donors (Lipinski definition) is 1. The van der Waals surface area contributed by atoms with Crippen LogP contribution in [0.2, 0.25) is 0 Å². The van der Waals surface area contributed by atoms with Gasteiger partial charge in [-0.15, -0.1) is 0 Å². The van der Waals surface area contributed by atoms with E-state index in [9.17, 15) is 5.11 Å². The van der Waals surface area contributed by atoms with Crippen LogP contribution in [0.15, 0.2) is 18.3 Å². The van der Waals surface area contributed by atoms with Crippen molar-refractivity contribution in [1.82, 2.24) is 19.9 Å². The highest BCUT2D eigenvalue weighted by atomic mass is 16.3. The van der Waals surface area contributed by atoms with Gasteiger partial charge in [-0.05, 0) is 46.2 Å². The molecule has 0 radical (unpaired) electrons. The minimum atomic E-state index is -0.667. The highest BCUT2D eigenvalue weighted by molar-refractivity contribution is 5.45. The van der Waals surface area contributed by atoms with Gasteiger partial charge in [-0.1, -0.05) is 6.92 Å². The molecule has 3 rings (SSSR count). The van der Waals surface area contributed by atoms with Crippen molar-refractivity contribution in [1.29, 1.82) is 0 Å². The maximum atomic E-state index is 9.75. The zero-order chi connectivity index (χ0) is 18.8. The first-order valence-electron chi connectivity index (χ1n) is 9.27. The molecule has 0 unspecified atom stereocenters. The molecular weight excluding hydrogens is 328 g/mol. The Morgan fingerprint density at radius 2 is 1.88 bits per heavy atom. The summed E-state index contributed by atoms with van der Waals surface area (Å²) >= 11 is 0. The summed E-state index contributed by atoms with van der Waals surface area (Å²) in [6.45, 7) is 11.8. The molecule has 1 fully saturated rings. The van der Waals surface area contributed by atoms with Crippen molar-refractivity contribution in [2.24, 2.45) is 0 Å². The minimum absolute atomic E-state index is 0.246. The molecule has 7 nitrogen and oxygen atoms in total. The molecule has 0 bridgehead atoms. The van der Waals surface area contributed by atoms with E-state index in [2.05, 4.69) is 45.5 Å². The van der Waals surface area contributed by atoms with Gasteiger partial charge in [-0.2, -0.15) is 0 Å². The van der Waals surface area contributed by atoms with Gasteiger partial charge in [0.05, 0.1) is 0 Å². The minimum Gasteiger partial charge on any atom is -0.385 e. The van der Waals surface area contributed by atoms with Crippen LogP contribution in [0.5, 0.6) is 0 Å². The lowest BCUT2D eigenvalue weighted by atomic mass is 10.1. The van der Waals surface area contributed by atoms with Crippen LogP contribution in [0.1, 0.15) is 51.0 Å². The van der Waals surface area contributed by atoms with E-state index in [-0.39, 0.29) is 12.1 Å². The average Bonchev–Trinajstić information content (AvgIpc) is 2.60. The largest absolute Gasteiger partial charge is 0.385 e. The van der Waals surface area contributed by atoms with E-state index in [0.717, 1.165) is 42.7 Å². The normalized spacial score (nSPS) is 21.8. The number of nitrogens with zero attached hydrogens (tertiary/aromatic N) is 6. The summed E-state index contributed by atoms with van der Waals surface area (Å²) in [6.07, 6.45) is 1.95. The van der Waals surface area contributed by atoms with E-state index in [4.69, 9.17) is 4.98 Å². The Morgan fingerprint density at radius 3 is 2.50 bits per heavy atom. The standard InChI is InChI=1S/C19H28N6O/c1-6-16-9-12(2)21-19(22-16)25-13(3)10-24(11-14(25)4)17-7-8-20-18(23-17)15(5)26/h7-9,13-15,26H,6,10-11H2,1-5H3/t13-,14+,15-/m1/s1. The second kappa shape index (κ2) is 7.53. The molecule has 3 atom stereocenters. The first kappa shape index (κ1) is 18.5. The molecule has 1 aliphatic heterocycles.